The summed E-state index contributed by atoms with van der Waals surface area (Å²) >= 11 is 1.96. The quantitative estimate of drug-likeness (QED) is 0.266. The lowest BCUT2D eigenvalue weighted by Crippen LogP contribution is -2.32. The first kappa shape index (κ1) is 19.8. The van der Waals surface area contributed by atoms with Gasteiger partial charge in [0.2, 0.25) is 5.91 Å². The maximum Gasteiger partial charge on any atom is 0.245 e. The fourth-order valence-electron chi connectivity index (χ4n) is 3.56. The third-order valence-corrected chi connectivity index (χ3v) is 6.15. The van der Waals surface area contributed by atoms with Crippen LogP contribution in [0.3, 0.4) is 0 Å². The summed E-state index contributed by atoms with van der Waals surface area (Å²) in [5.74, 6) is 3.10. The van der Waals surface area contributed by atoms with E-state index in [2.05, 4.69) is 0 Å². The Morgan fingerprint density at radius 2 is 2.08 bits per heavy atom. The summed E-state index contributed by atoms with van der Waals surface area (Å²) in [6.45, 7) is 3.50. The summed E-state index contributed by atoms with van der Waals surface area (Å²) in [5, 5.41) is 9.69. The number of carbonyl (C=O) groups is 1. The van der Waals surface area contributed by atoms with Crippen LogP contribution in [0.1, 0.15) is 39.0 Å². The standard InChI is InChI=1S/C18H31NO4S/c1-3-4-10-22-12-14-15(17-9-8-16(14)23-17)13-24-11-6-5-7-18(20)19(2)21/h3-4,14-17,21H,5-13H2,1-2H3/t14-,15+,16-,17+/m1/s1. The smallest absolute Gasteiger partial charge is 0.245 e. The van der Waals surface area contributed by atoms with Gasteiger partial charge >= 0.3 is 0 Å². The second-order valence-corrected chi connectivity index (χ2v) is 7.82. The fraction of sp³-hybridized carbons (Fsp3) is 0.833. The van der Waals surface area contributed by atoms with Crippen molar-refractivity contribution in [2.24, 2.45) is 11.8 Å². The molecule has 2 aliphatic heterocycles. The van der Waals surface area contributed by atoms with E-state index in [-0.39, 0.29) is 5.91 Å². The molecule has 2 aliphatic rings. The minimum absolute atomic E-state index is 0.208. The number of rotatable bonds is 11. The van der Waals surface area contributed by atoms with Crippen molar-refractivity contribution in [1.82, 2.24) is 5.06 Å². The van der Waals surface area contributed by atoms with E-state index < -0.39 is 0 Å². The van der Waals surface area contributed by atoms with E-state index >= 15 is 0 Å². The molecule has 0 saturated carbocycles. The monoisotopic (exact) mass is 357 g/mol. The molecule has 0 aliphatic carbocycles. The number of allylic oxidation sites excluding steroid dienone is 1. The molecular formula is C18H31NO4S. The summed E-state index contributed by atoms with van der Waals surface area (Å²) in [5.41, 5.74) is 0. The van der Waals surface area contributed by atoms with Gasteiger partial charge in [0.25, 0.3) is 0 Å². The zero-order valence-corrected chi connectivity index (χ0v) is 15.7. The number of hydrogen-bond donors (Lipinski definition) is 1. The first-order chi connectivity index (χ1) is 11.6. The van der Waals surface area contributed by atoms with E-state index in [1.54, 1.807) is 0 Å². The maximum absolute atomic E-state index is 11.3. The van der Waals surface area contributed by atoms with Crippen LogP contribution < -0.4 is 0 Å². The van der Waals surface area contributed by atoms with Crippen LogP contribution in [0, 0.1) is 11.8 Å². The van der Waals surface area contributed by atoms with Gasteiger partial charge in [0.1, 0.15) is 0 Å². The highest BCUT2D eigenvalue weighted by Gasteiger charge is 2.48. The SMILES string of the molecule is CC=CCOC[C@@H]1[C@H](CSCCCCC(=O)N(C)O)[C@@H]2CC[C@H]1O2. The van der Waals surface area contributed by atoms with Crippen molar-refractivity contribution >= 4 is 17.7 Å². The average molecular weight is 358 g/mol. The molecule has 2 heterocycles. The molecule has 1 N–H and O–H groups in total. The normalized spacial score (nSPS) is 28.8. The van der Waals surface area contributed by atoms with Gasteiger partial charge in [-0.3, -0.25) is 10.0 Å². The van der Waals surface area contributed by atoms with E-state index in [4.69, 9.17) is 14.7 Å². The molecule has 0 spiro atoms. The third-order valence-electron chi connectivity index (χ3n) is 4.95. The molecule has 2 fully saturated rings. The number of hydrogen-bond acceptors (Lipinski definition) is 5. The van der Waals surface area contributed by atoms with Gasteiger partial charge in [-0.25, -0.2) is 5.06 Å². The lowest BCUT2D eigenvalue weighted by molar-refractivity contribution is -0.159. The Labute approximate surface area is 149 Å². The van der Waals surface area contributed by atoms with Crippen LogP contribution in [0.25, 0.3) is 0 Å². The fourth-order valence-corrected chi connectivity index (χ4v) is 4.87. The van der Waals surface area contributed by atoms with E-state index in [0.29, 0.717) is 42.1 Å². The van der Waals surface area contributed by atoms with Crippen molar-refractivity contribution in [1.29, 1.82) is 0 Å². The van der Waals surface area contributed by atoms with Crippen molar-refractivity contribution in [3.63, 3.8) is 0 Å². The Morgan fingerprint density at radius 3 is 2.79 bits per heavy atom. The molecule has 138 valence electrons. The zero-order valence-electron chi connectivity index (χ0n) is 14.9. The van der Waals surface area contributed by atoms with Gasteiger partial charge in [0.05, 0.1) is 25.4 Å². The summed E-state index contributed by atoms with van der Waals surface area (Å²) in [6, 6.07) is 0. The van der Waals surface area contributed by atoms with Crippen LogP contribution >= 0.6 is 11.8 Å². The summed E-state index contributed by atoms with van der Waals surface area (Å²) in [6.07, 6.45) is 9.51. The second-order valence-electron chi connectivity index (χ2n) is 6.67. The Balaban J connectivity index is 1.62. The minimum atomic E-state index is -0.208. The predicted molar refractivity (Wildman–Crippen MR) is 96.2 cm³/mol. The average Bonchev–Trinajstić information content (AvgIpc) is 3.16. The largest absolute Gasteiger partial charge is 0.377 e. The summed E-state index contributed by atoms with van der Waals surface area (Å²) in [4.78, 5) is 11.3. The van der Waals surface area contributed by atoms with Crippen molar-refractivity contribution in [3.8, 4) is 0 Å². The molecule has 2 rings (SSSR count). The molecule has 1 amide bonds. The Hall–Kier alpha value is -0.560. The number of fused-ring (bicyclic) bond motifs is 2. The van der Waals surface area contributed by atoms with Gasteiger partial charge < -0.3 is 9.47 Å². The molecule has 6 heteroatoms. The minimum Gasteiger partial charge on any atom is -0.377 e. The van der Waals surface area contributed by atoms with E-state index in [1.807, 2.05) is 30.8 Å². The molecule has 4 atom stereocenters. The molecule has 0 radical (unpaired) electrons. The van der Waals surface area contributed by atoms with Crippen LogP contribution in [-0.2, 0) is 14.3 Å². The van der Waals surface area contributed by atoms with Crippen molar-refractivity contribution in [2.75, 3.05) is 31.8 Å². The van der Waals surface area contributed by atoms with Crippen molar-refractivity contribution < 1.29 is 19.5 Å². The molecule has 5 nitrogen and oxygen atoms in total. The molecular weight excluding hydrogens is 326 g/mol. The van der Waals surface area contributed by atoms with Gasteiger partial charge in [-0.2, -0.15) is 11.8 Å². The first-order valence-electron chi connectivity index (χ1n) is 9.01. The van der Waals surface area contributed by atoms with Gasteiger partial charge in [0, 0.05) is 25.3 Å². The highest BCUT2D eigenvalue weighted by Crippen LogP contribution is 2.44. The number of amides is 1. The second kappa shape index (κ2) is 10.4. The number of hydroxylamine groups is 2. The van der Waals surface area contributed by atoms with Crippen LogP contribution in [0.15, 0.2) is 12.2 Å². The van der Waals surface area contributed by atoms with Gasteiger partial charge in [-0.05, 0) is 44.1 Å². The van der Waals surface area contributed by atoms with Crippen LogP contribution in [0.2, 0.25) is 0 Å². The lowest BCUT2D eigenvalue weighted by atomic mass is 9.81. The van der Waals surface area contributed by atoms with Gasteiger partial charge in [-0.15, -0.1) is 0 Å². The molecule has 0 aromatic rings. The third kappa shape index (κ3) is 5.76. The highest BCUT2D eigenvalue weighted by atomic mass is 32.2. The van der Waals surface area contributed by atoms with Crippen LogP contribution in [0.4, 0.5) is 0 Å². The first-order valence-corrected chi connectivity index (χ1v) is 10.2. The van der Waals surface area contributed by atoms with Crippen molar-refractivity contribution in [2.45, 2.75) is 51.2 Å². The molecule has 0 aromatic carbocycles. The molecule has 2 saturated heterocycles. The molecule has 2 bridgehead atoms. The molecule has 0 aromatic heterocycles. The number of ether oxygens (including phenoxy) is 2. The molecule has 0 unspecified atom stereocenters. The zero-order chi connectivity index (χ0) is 17.4. The summed E-state index contributed by atoms with van der Waals surface area (Å²) in [7, 11) is 1.38. The Kier molecular flexibility index (Phi) is 8.59. The Bertz CT molecular complexity index is 416. The number of nitrogens with zero attached hydrogens (tertiary/aromatic N) is 1. The van der Waals surface area contributed by atoms with Crippen LogP contribution in [0.5, 0.6) is 0 Å². The number of unbranched alkanes of at least 4 members (excludes halogenated alkanes) is 1. The highest BCUT2D eigenvalue weighted by molar-refractivity contribution is 7.99. The maximum atomic E-state index is 11.3. The number of carbonyl (C=O) groups excluding carboxylic acids is 1. The van der Waals surface area contributed by atoms with Crippen LogP contribution in [-0.4, -0.2) is 60.2 Å². The van der Waals surface area contributed by atoms with Gasteiger partial charge in [-0.1, -0.05) is 12.2 Å². The lowest BCUT2D eigenvalue weighted by Gasteiger charge is -2.27. The van der Waals surface area contributed by atoms with Crippen molar-refractivity contribution in [3.05, 3.63) is 12.2 Å². The topological polar surface area (TPSA) is 59.0 Å². The molecule has 24 heavy (non-hydrogen) atoms. The van der Waals surface area contributed by atoms with Gasteiger partial charge in [0.15, 0.2) is 0 Å². The van der Waals surface area contributed by atoms with E-state index in [9.17, 15) is 4.79 Å². The van der Waals surface area contributed by atoms with E-state index in [1.165, 1.54) is 19.9 Å². The van der Waals surface area contributed by atoms with E-state index in [0.717, 1.165) is 31.0 Å². The summed E-state index contributed by atoms with van der Waals surface area (Å²) < 4.78 is 11.9. The predicted octanol–water partition coefficient (Wildman–Crippen LogP) is 3.12. The Morgan fingerprint density at radius 1 is 1.33 bits per heavy atom. The number of thioether (sulfide) groups is 1.